The summed E-state index contributed by atoms with van der Waals surface area (Å²) in [4.78, 5) is 15.2. The molecule has 5 heteroatoms. The van der Waals surface area contributed by atoms with E-state index >= 15 is 0 Å². The molecule has 1 aliphatic heterocycles. The minimum Gasteiger partial charge on any atom is -0.457 e. The molecule has 2 N–H and O–H groups in total. The third-order valence-electron chi connectivity index (χ3n) is 11.3. The number of aromatic nitrogens is 3. The lowest BCUT2D eigenvalue weighted by atomic mass is 9.65. The quantitative estimate of drug-likeness (QED) is 0.178. The molecule has 9 aromatic rings. The molecule has 0 unspecified atom stereocenters. The highest BCUT2D eigenvalue weighted by atomic mass is 16.5. The molecule has 1 aromatic heterocycles. The molecule has 0 amide bonds. The average molecular weight is 731 g/mol. The lowest BCUT2D eigenvalue weighted by Gasteiger charge is -2.40. The topological polar surface area (TPSA) is 73.9 Å². The Labute approximate surface area is 330 Å². The van der Waals surface area contributed by atoms with Crippen molar-refractivity contribution in [1.29, 1.82) is 0 Å². The molecule has 0 saturated carbocycles. The van der Waals surface area contributed by atoms with Gasteiger partial charge in [-0.2, -0.15) is 0 Å². The number of hydrogen-bond donors (Lipinski definition) is 1. The van der Waals surface area contributed by atoms with Crippen LogP contribution in [0.4, 0.5) is 5.69 Å². The Morgan fingerprint density at radius 1 is 0.333 bits per heavy atom. The van der Waals surface area contributed by atoms with Crippen molar-refractivity contribution in [2.75, 3.05) is 5.73 Å². The predicted molar refractivity (Wildman–Crippen MR) is 229 cm³/mol. The molecular weight excluding hydrogens is 697 g/mol. The number of nitrogens with two attached hydrogens (primary N) is 1. The van der Waals surface area contributed by atoms with Gasteiger partial charge in [0.05, 0.1) is 5.41 Å². The van der Waals surface area contributed by atoms with Crippen molar-refractivity contribution in [3.05, 3.63) is 216 Å². The summed E-state index contributed by atoms with van der Waals surface area (Å²) in [6, 6.07) is 67.5. The van der Waals surface area contributed by atoms with E-state index in [9.17, 15) is 0 Å². The zero-order chi connectivity index (χ0) is 37.9. The first kappa shape index (κ1) is 32.8. The third kappa shape index (κ3) is 5.28. The maximum absolute atomic E-state index is 6.89. The van der Waals surface area contributed by atoms with Crippen LogP contribution in [0.5, 0.6) is 11.5 Å². The van der Waals surface area contributed by atoms with E-state index in [0.717, 1.165) is 67.3 Å². The fourth-order valence-electron chi connectivity index (χ4n) is 8.73. The fourth-order valence-corrected chi connectivity index (χ4v) is 8.73. The van der Waals surface area contributed by atoms with Crippen LogP contribution >= 0.6 is 0 Å². The summed E-state index contributed by atoms with van der Waals surface area (Å²) in [6.07, 6.45) is 0. The summed E-state index contributed by atoms with van der Waals surface area (Å²) in [6.45, 7) is 0. The molecule has 1 spiro atoms. The van der Waals surface area contributed by atoms with Crippen molar-refractivity contribution >= 4 is 5.69 Å². The SMILES string of the molecule is Nc1cccc(-c2ccc(-c3ccc4c(c3)C3(c5cc(-c6nc(-c7ccccc7)nc(-c7ccccc7)n6)ccc5O4)c4ccccc4-c4ccccc43)cc2)c1. The van der Waals surface area contributed by atoms with Crippen molar-refractivity contribution in [1.82, 2.24) is 15.0 Å². The van der Waals surface area contributed by atoms with E-state index in [1.54, 1.807) is 0 Å². The smallest absolute Gasteiger partial charge is 0.164 e. The van der Waals surface area contributed by atoms with Crippen molar-refractivity contribution < 1.29 is 4.74 Å². The molecule has 0 atom stereocenters. The number of fused-ring (bicyclic) bond motifs is 9. The average Bonchev–Trinajstić information content (AvgIpc) is 3.57. The van der Waals surface area contributed by atoms with Crippen LogP contribution in [0.1, 0.15) is 22.3 Å². The van der Waals surface area contributed by atoms with Crippen molar-refractivity contribution in [2.24, 2.45) is 0 Å². The highest BCUT2D eigenvalue weighted by Crippen LogP contribution is 2.62. The standard InChI is InChI=1S/C52H34N4O/c53-40-17-11-16-37(30-40)33-22-24-34(25-23-33)38-26-28-47-45(31-38)52(43-20-9-7-18-41(43)42-19-8-10-21-44(42)52)46-32-39(27-29-48(46)57-47)51-55-49(35-12-3-1-4-13-35)54-50(56-51)36-14-5-2-6-15-36/h1-32H,53H2. The Balaban J connectivity index is 1.13. The van der Waals surface area contributed by atoms with Crippen molar-refractivity contribution in [2.45, 2.75) is 5.41 Å². The molecule has 0 saturated heterocycles. The van der Waals surface area contributed by atoms with Crippen LogP contribution in [0.15, 0.2) is 194 Å². The van der Waals surface area contributed by atoms with Gasteiger partial charge in [-0.25, -0.2) is 15.0 Å². The van der Waals surface area contributed by atoms with Gasteiger partial charge in [-0.05, 0) is 87.0 Å². The van der Waals surface area contributed by atoms with Gasteiger partial charge in [0.2, 0.25) is 0 Å². The van der Waals surface area contributed by atoms with Gasteiger partial charge in [0.25, 0.3) is 0 Å². The van der Waals surface area contributed by atoms with E-state index in [0.29, 0.717) is 17.5 Å². The summed E-state index contributed by atoms with van der Waals surface area (Å²) in [5, 5.41) is 0. The minimum absolute atomic E-state index is 0.597. The van der Waals surface area contributed by atoms with E-state index in [1.165, 1.54) is 22.3 Å². The van der Waals surface area contributed by atoms with Gasteiger partial charge in [0, 0.05) is 33.5 Å². The van der Waals surface area contributed by atoms with E-state index in [1.807, 2.05) is 78.9 Å². The first-order valence-electron chi connectivity index (χ1n) is 19.1. The number of anilines is 1. The third-order valence-corrected chi connectivity index (χ3v) is 11.3. The second-order valence-electron chi connectivity index (χ2n) is 14.6. The molecule has 8 aromatic carbocycles. The van der Waals surface area contributed by atoms with Gasteiger partial charge in [-0.3, -0.25) is 0 Å². The van der Waals surface area contributed by atoms with E-state index in [-0.39, 0.29) is 0 Å². The Morgan fingerprint density at radius 2 is 0.754 bits per heavy atom. The van der Waals surface area contributed by atoms with Gasteiger partial charge in [0.1, 0.15) is 11.5 Å². The van der Waals surface area contributed by atoms with Crippen LogP contribution in [0.2, 0.25) is 0 Å². The Kier molecular flexibility index (Phi) is 7.47. The van der Waals surface area contributed by atoms with E-state index in [2.05, 4.69) is 115 Å². The summed E-state index contributed by atoms with van der Waals surface area (Å²) in [7, 11) is 0. The second kappa shape index (κ2) is 13.0. The summed E-state index contributed by atoms with van der Waals surface area (Å²) >= 11 is 0. The van der Waals surface area contributed by atoms with Gasteiger partial charge < -0.3 is 10.5 Å². The van der Waals surface area contributed by atoms with Gasteiger partial charge in [-0.15, -0.1) is 0 Å². The molecule has 1 aliphatic carbocycles. The molecular formula is C52H34N4O. The van der Waals surface area contributed by atoms with Crippen LogP contribution in [0, 0.1) is 0 Å². The van der Waals surface area contributed by atoms with Gasteiger partial charge in [0.15, 0.2) is 17.5 Å². The molecule has 0 radical (unpaired) electrons. The second-order valence-corrected chi connectivity index (χ2v) is 14.6. The largest absolute Gasteiger partial charge is 0.457 e. The van der Waals surface area contributed by atoms with Crippen LogP contribution in [0.3, 0.4) is 0 Å². The minimum atomic E-state index is -0.679. The summed E-state index contributed by atoms with van der Waals surface area (Å²) in [5.41, 5.74) is 20.4. The van der Waals surface area contributed by atoms with E-state index < -0.39 is 5.41 Å². The zero-order valence-corrected chi connectivity index (χ0v) is 30.8. The lowest BCUT2D eigenvalue weighted by molar-refractivity contribution is 0.436. The summed E-state index contributed by atoms with van der Waals surface area (Å²) in [5.74, 6) is 3.48. The summed E-state index contributed by atoms with van der Waals surface area (Å²) < 4.78 is 6.89. The molecule has 57 heavy (non-hydrogen) atoms. The molecule has 2 heterocycles. The molecule has 0 fully saturated rings. The monoisotopic (exact) mass is 730 g/mol. The first-order chi connectivity index (χ1) is 28.1. The maximum Gasteiger partial charge on any atom is 0.164 e. The number of hydrogen-bond acceptors (Lipinski definition) is 5. The normalized spacial score (nSPS) is 12.9. The predicted octanol–water partition coefficient (Wildman–Crippen LogP) is 12.3. The number of nitrogen functional groups attached to an aromatic ring is 1. The highest BCUT2D eigenvalue weighted by Gasteiger charge is 2.51. The molecule has 268 valence electrons. The highest BCUT2D eigenvalue weighted by molar-refractivity contribution is 5.90. The van der Waals surface area contributed by atoms with Crippen LogP contribution in [-0.4, -0.2) is 15.0 Å². The van der Waals surface area contributed by atoms with Crippen LogP contribution < -0.4 is 10.5 Å². The van der Waals surface area contributed by atoms with Crippen molar-refractivity contribution in [3.8, 4) is 79.0 Å². The van der Waals surface area contributed by atoms with Crippen molar-refractivity contribution in [3.63, 3.8) is 0 Å². The fraction of sp³-hybridized carbons (Fsp3) is 0.0192. The van der Waals surface area contributed by atoms with Gasteiger partial charge in [-0.1, -0.05) is 152 Å². The number of ether oxygens (including phenoxy) is 1. The van der Waals surface area contributed by atoms with Gasteiger partial charge >= 0.3 is 0 Å². The zero-order valence-electron chi connectivity index (χ0n) is 30.8. The van der Waals surface area contributed by atoms with Crippen LogP contribution in [-0.2, 0) is 5.41 Å². The number of nitrogens with zero attached hydrogens (tertiary/aromatic N) is 3. The number of rotatable bonds is 5. The molecule has 11 rings (SSSR count). The number of benzene rings is 8. The Morgan fingerprint density at radius 3 is 1.30 bits per heavy atom. The molecule has 0 bridgehead atoms. The molecule has 2 aliphatic rings. The Hall–Kier alpha value is -7.63. The van der Waals surface area contributed by atoms with E-state index in [4.69, 9.17) is 25.4 Å². The molecule has 5 nitrogen and oxygen atoms in total. The first-order valence-corrected chi connectivity index (χ1v) is 19.1. The lowest BCUT2D eigenvalue weighted by Crippen LogP contribution is -2.32. The Bertz CT molecular complexity index is 2890. The van der Waals surface area contributed by atoms with Crippen LogP contribution in [0.25, 0.3) is 67.5 Å². The maximum atomic E-state index is 6.89.